The number of nitrogens with one attached hydrogen (secondary N) is 1. The maximum absolute atomic E-state index is 13.9. The van der Waals surface area contributed by atoms with Gasteiger partial charge in [-0.1, -0.05) is 18.2 Å². The first-order valence-electron chi connectivity index (χ1n) is 12.2. The Hall–Kier alpha value is -3.56. The Balaban J connectivity index is 1.28. The van der Waals surface area contributed by atoms with Crippen molar-refractivity contribution in [2.45, 2.75) is 24.9 Å². The number of nitrogens with zero attached hydrogens (tertiary/aromatic N) is 6. The third-order valence-corrected chi connectivity index (χ3v) is 6.91. The number of hydrogen-bond acceptors (Lipinski definition) is 7. The molecule has 1 unspecified atom stereocenters. The summed E-state index contributed by atoms with van der Waals surface area (Å²) < 4.78 is 15.8. The van der Waals surface area contributed by atoms with E-state index in [2.05, 4.69) is 20.1 Å². The predicted molar refractivity (Wildman–Crippen MR) is 135 cm³/mol. The lowest BCUT2D eigenvalue weighted by molar-refractivity contribution is 0.422. The average Bonchev–Trinajstić information content (AvgIpc) is 3.50. The molecular formula is C26H29FN8. The second kappa shape index (κ2) is 9.24. The first-order chi connectivity index (χ1) is 17.2. The zero-order valence-corrected chi connectivity index (χ0v) is 19.5. The molecule has 1 atom stereocenters. The van der Waals surface area contributed by atoms with Gasteiger partial charge in [0, 0.05) is 38.8 Å². The summed E-state index contributed by atoms with van der Waals surface area (Å²) in [7, 11) is 0. The summed E-state index contributed by atoms with van der Waals surface area (Å²) >= 11 is 0. The molecule has 35 heavy (non-hydrogen) atoms. The molecule has 0 radical (unpaired) electrons. The zero-order chi connectivity index (χ0) is 23.8. The second-order valence-corrected chi connectivity index (χ2v) is 9.24. The Labute approximate surface area is 203 Å². The van der Waals surface area contributed by atoms with Crippen molar-refractivity contribution in [3.05, 3.63) is 72.2 Å². The molecule has 9 heteroatoms. The van der Waals surface area contributed by atoms with Crippen molar-refractivity contribution < 1.29 is 4.39 Å². The SMILES string of the molecule is NCCNC1CN(c2cccc(-c3cnc4ccc(N5CCCC5c5cccc(F)c5)nn34)n2)C1. The molecule has 4 aromatic rings. The molecule has 2 saturated heterocycles. The van der Waals surface area contributed by atoms with E-state index in [4.69, 9.17) is 15.8 Å². The number of anilines is 2. The van der Waals surface area contributed by atoms with Gasteiger partial charge in [-0.05, 0) is 54.8 Å². The second-order valence-electron chi connectivity index (χ2n) is 9.24. The van der Waals surface area contributed by atoms with E-state index in [1.165, 1.54) is 6.07 Å². The molecule has 2 aliphatic heterocycles. The summed E-state index contributed by atoms with van der Waals surface area (Å²) in [4.78, 5) is 14.0. The highest BCUT2D eigenvalue weighted by molar-refractivity contribution is 5.63. The summed E-state index contributed by atoms with van der Waals surface area (Å²) in [5, 5.41) is 8.40. The van der Waals surface area contributed by atoms with Gasteiger partial charge in [0.15, 0.2) is 5.65 Å². The van der Waals surface area contributed by atoms with Crippen LogP contribution >= 0.6 is 0 Å². The van der Waals surface area contributed by atoms with Crippen LogP contribution in [0.5, 0.6) is 0 Å². The minimum atomic E-state index is -0.204. The van der Waals surface area contributed by atoms with Crippen LogP contribution in [-0.4, -0.2) is 58.3 Å². The van der Waals surface area contributed by atoms with Gasteiger partial charge in [-0.25, -0.2) is 18.9 Å². The monoisotopic (exact) mass is 472 g/mol. The minimum Gasteiger partial charge on any atom is -0.353 e. The maximum atomic E-state index is 13.9. The molecular weight excluding hydrogens is 443 g/mol. The van der Waals surface area contributed by atoms with Crippen molar-refractivity contribution in [3.63, 3.8) is 0 Å². The highest BCUT2D eigenvalue weighted by Gasteiger charge is 2.29. The summed E-state index contributed by atoms with van der Waals surface area (Å²) in [5.41, 5.74) is 9.03. The van der Waals surface area contributed by atoms with Gasteiger partial charge in [-0.3, -0.25) is 0 Å². The van der Waals surface area contributed by atoms with Crippen molar-refractivity contribution in [1.82, 2.24) is 24.9 Å². The van der Waals surface area contributed by atoms with E-state index < -0.39 is 0 Å². The lowest BCUT2D eigenvalue weighted by Gasteiger charge is -2.40. The molecule has 0 spiro atoms. The van der Waals surface area contributed by atoms with E-state index in [-0.39, 0.29) is 11.9 Å². The van der Waals surface area contributed by atoms with Crippen molar-refractivity contribution >= 4 is 17.3 Å². The van der Waals surface area contributed by atoms with Crippen molar-refractivity contribution in [2.24, 2.45) is 5.73 Å². The van der Waals surface area contributed by atoms with Crippen LogP contribution in [-0.2, 0) is 0 Å². The Bertz CT molecular complexity index is 1330. The number of halogens is 1. The van der Waals surface area contributed by atoms with Gasteiger partial charge in [0.1, 0.15) is 23.1 Å². The molecule has 180 valence electrons. The van der Waals surface area contributed by atoms with Gasteiger partial charge in [0.05, 0.1) is 17.9 Å². The number of hydrogen-bond donors (Lipinski definition) is 2. The van der Waals surface area contributed by atoms with Gasteiger partial charge < -0.3 is 20.9 Å². The van der Waals surface area contributed by atoms with Crippen LogP contribution in [0.4, 0.5) is 16.0 Å². The Morgan fingerprint density at radius 1 is 1.06 bits per heavy atom. The summed E-state index contributed by atoms with van der Waals surface area (Å²) in [6, 6.07) is 17.5. The molecule has 0 amide bonds. The highest BCUT2D eigenvalue weighted by Crippen LogP contribution is 2.35. The van der Waals surface area contributed by atoms with Gasteiger partial charge >= 0.3 is 0 Å². The molecule has 3 N–H and O–H groups in total. The van der Waals surface area contributed by atoms with Gasteiger partial charge in [-0.2, -0.15) is 0 Å². The Morgan fingerprint density at radius 3 is 2.80 bits per heavy atom. The third-order valence-electron chi connectivity index (χ3n) is 6.91. The first-order valence-corrected chi connectivity index (χ1v) is 12.2. The summed E-state index contributed by atoms with van der Waals surface area (Å²) in [6.07, 6.45) is 3.84. The molecule has 0 bridgehead atoms. The van der Waals surface area contributed by atoms with E-state index in [0.29, 0.717) is 12.6 Å². The lowest BCUT2D eigenvalue weighted by Crippen LogP contribution is -2.59. The van der Waals surface area contributed by atoms with E-state index in [9.17, 15) is 4.39 Å². The molecule has 1 aromatic carbocycles. The average molecular weight is 473 g/mol. The number of rotatable bonds is 7. The summed E-state index contributed by atoms with van der Waals surface area (Å²) in [6.45, 7) is 4.20. The number of benzene rings is 1. The van der Waals surface area contributed by atoms with Crippen molar-refractivity contribution in [2.75, 3.05) is 42.5 Å². The van der Waals surface area contributed by atoms with Crippen molar-refractivity contribution in [1.29, 1.82) is 0 Å². The Kier molecular flexibility index (Phi) is 5.79. The molecule has 5 heterocycles. The van der Waals surface area contributed by atoms with Gasteiger partial charge in [0.2, 0.25) is 0 Å². The summed E-state index contributed by atoms with van der Waals surface area (Å²) in [5.74, 6) is 1.60. The maximum Gasteiger partial charge on any atom is 0.154 e. The zero-order valence-electron chi connectivity index (χ0n) is 19.5. The van der Waals surface area contributed by atoms with Crippen molar-refractivity contribution in [3.8, 4) is 11.4 Å². The molecule has 2 fully saturated rings. The molecule has 0 saturated carbocycles. The number of aromatic nitrogens is 4. The fourth-order valence-corrected chi connectivity index (χ4v) is 5.12. The van der Waals surface area contributed by atoms with Crippen LogP contribution in [0.2, 0.25) is 0 Å². The topological polar surface area (TPSA) is 87.6 Å². The van der Waals surface area contributed by atoms with Gasteiger partial charge in [-0.15, -0.1) is 5.10 Å². The number of nitrogens with two attached hydrogens (primary N) is 1. The lowest BCUT2D eigenvalue weighted by atomic mass is 10.0. The van der Waals surface area contributed by atoms with E-state index in [0.717, 1.165) is 73.3 Å². The van der Waals surface area contributed by atoms with E-state index in [1.54, 1.807) is 12.1 Å². The fourth-order valence-electron chi connectivity index (χ4n) is 5.12. The molecule has 3 aromatic heterocycles. The quantitative estimate of drug-likeness (QED) is 0.428. The van der Waals surface area contributed by atoms with E-state index >= 15 is 0 Å². The standard InChI is InChI=1S/C26H29FN8/c27-19-5-1-4-18(14-19)22-7-3-13-34(22)26-10-9-24-30-15-23(35(24)32-26)21-6-2-8-25(31-21)33-16-20(17-33)29-12-11-28/h1-2,4-6,8-10,14-15,20,22,29H,3,7,11-13,16-17,28H2. The first kappa shape index (κ1) is 21.9. The molecule has 8 nitrogen and oxygen atoms in total. The fraction of sp³-hybridized carbons (Fsp3) is 0.346. The molecule has 6 rings (SSSR count). The third kappa shape index (κ3) is 4.21. The molecule has 2 aliphatic rings. The normalized spacial score (nSPS) is 18.4. The van der Waals surface area contributed by atoms with Crippen LogP contribution in [0.25, 0.3) is 17.0 Å². The van der Waals surface area contributed by atoms with Crippen LogP contribution < -0.4 is 20.9 Å². The van der Waals surface area contributed by atoms with Crippen LogP contribution in [0.3, 0.4) is 0 Å². The Morgan fingerprint density at radius 2 is 1.94 bits per heavy atom. The predicted octanol–water partition coefficient (Wildman–Crippen LogP) is 3.01. The van der Waals surface area contributed by atoms with Crippen LogP contribution in [0.15, 0.2) is 60.8 Å². The smallest absolute Gasteiger partial charge is 0.154 e. The minimum absolute atomic E-state index is 0.108. The largest absolute Gasteiger partial charge is 0.353 e. The number of fused-ring (bicyclic) bond motifs is 1. The van der Waals surface area contributed by atoms with Gasteiger partial charge in [0.25, 0.3) is 0 Å². The molecule has 0 aliphatic carbocycles. The number of pyridine rings is 1. The van der Waals surface area contributed by atoms with Crippen LogP contribution in [0.1, 0.15) is 24.4 Å². The number of imidazole rings is 1. The highest BCUT2D eigenvalue weighted by atomic mass is 19.1. The van der Waals surface area contributed by atoms with E-state index in [1.807, 2.05) is 47.1 Å². The van der Waals surface area contributed by atoms with Crippen LogP contribution in [0, 0.1) is 5.82 Å².